The lowest BCUT2D eigenvalue weighted by Crippen LogP contribution is -2.29. The van der Waals surface area contributed by atoms with E-state index in [1.165, 1.54) is 46.7 Å². The Balaban J connectivity index is 1.47. The van der Waals surface area contributed by atoms with Crippen LogP contribution < -0.4 is 9.62 Å². The fourth-order valence-electron chi connectivity index (χ4n) is 4.14. The molecule has 1 heterocycles. The number of rotatable bonds is 7. The first-order valence-electron chi connectivity index (χ1n) is 10.9. The van der Waals surface area contributed by atoms with Crippen LogP contribution in [0.15, 0.2) is 64.2 Å². The first-order chi connectivity index (χ1) is 15.4. The largest absolute Gasteiger partial charge is 0.345 e. The van der Waals surface area contributed by atoms with Crippen molar-refractivity contribution in [2.45, 2.75) is 49.3 Å². The van der Waals surface area contributed by atoms with Crippen molar-refractivity contribution in [1.82, 2.24) is 5.32 Å². The second-order valence-corrected chi connectivity index (χ2v) is 11.3. The Hall–Kier alpha value is -2.64. The number of sulfonamides is 1. The van der Waals surface area contributed by atoms with E-state index in [-0.39, 0.29) is 16.2 Å². The van der Waals surface area contributed by atoms with Gasteiger partial charge in [-0.3, -0.25) is 9.10 Å². The smallest absolute Gasteiger partial charge is 0.273 e. The zero-order chi connectivity index (χ0) is 22.7. The van der Waals surface area contributed by atoms with Gasteiger partial charge in [0, 0.05) is 12.6 Å². The zero-order valence-electron chi connectivity index (χ0n) is 18.4. The van der Waals surface area contributed by atoms with E-state index in [4.69, 9.17) is 0 Å². The van der Waals surface area contributed by atoms with Gasteiger partial charge in [0.1, 0.15) is 4.21 Å². The summed E-state index contributed by atoms with van der Waals surface area (Å²) in [7, 11) is -2.08. The molecule has 0 saturated heterocycles. The summed E-state index contributed by atoms with van der Waals surface area (Å²) >= 11 is 1.18. The topological polar surface area (TPSA) is 66.5 Å². The Kier molecular flexibility index (Phi) is 6.67. The van der Waals surface area contributed by atoms with Crippen molar-refractivity contribution in [3.05, 3.63) is 82.2 Å². The van der Waals surface area contributed by atoms with Crippen LogP contribution in [0.5, 0.6) is 0 Å². The quantitative estimate of drug-likeness (QED) is 0.509. The van der Waals surface area contributed by atoms with E-state index >= 15 is 0 Å². The number of carbonyl (C=O) groups is 1. The van der Waals surface area contributed by atoms with Gasteiger partial charge in [0.15, 0.2) is 0 Å². The predicted octanol–water partition coefficient (Wildman–Crippen LogP) is 5.33. The number of hydrogen-bond donors (Lipinski definition) is 1. The summed E-state index contributed by atoms with van der Waals surface area (Å²) in [6.07, 6.45) is 5.52. The number of aryl methyl sites for hydroxylation is 2. The fraction of sp³-hybridized carbons (Fsp3) is 0.320. The minimum atomic E-state index is -3.60. The summed E-state index contributed by atoms with van der Waals surface area (Å²) in [6, 6.07) is 16.5. The van der Waals surface area contributed by atoms with Gasteiger partial charge in [-0.1, -0.05) is 31.2 Å². The normalized spacial score (nSPS) is 14.4. The van der Waals surface area contributed by atoms with Crippen molar-refractivity contribution in [1.29, 1.82) is 0 Å². The summed E-state index contributed by atoms with van der Waals surface area (Å²) in [4.78, 5) is 12.9. The number of carbonyl (C=O) groups excluding carboxylic acids is 1. The molecule has 7 heteroatoms. The van der Waals surface area contributed by atoms with Crippen LogP contribution in [0.25, 0.3) is 0 Å². The Morgan fingerprint density at radius 2 is 1.78 bits per heavy atom. The number of amides is 1. The molecule has 0 saturated carbocycles. The summed E-state index contributed by atoms with van der Waals surface area (Å²) in [5, 5.41) is 4.88. The van der Waals surface area contributed by atoms with Crippen LogP contribution in [0.1, 0.15) is 59.3 Å². The molecule has 1 aliphatic rings. The highest BCUT2D eigenvalue weighted by Gasteiger charge is 2.23. The van der Waals surface area contributed by atoms with E-state index in [0.717, 1.165) is 24.8 Å². The van der Waals surface area contributed by atoms with Gasteiger partial charge >= 0.3 is 0 Å². The minimum absolute atomic E-state index is 0.0590. The van der Waals surface area contributed by atoms with Gasteiger partial charge in [-0.25, -0.2) is 8.42 Å². The van der Waals surface area contributed by atoms with E-state index in [0.29, 0.717) is 11.3 Å². The van der Waals surface area contributed by atoms with Crippen molar-refractivity contribution in [3.8, 4) is 0 Å². The highest BCUT2D eigenvalue weighted by molar-refractivity contribution is 7.94. The second-order valence-electron chi connectivity index (χ2n) is 8.12. The molecule has 0 fully saturated rings. The molecular weight excluding hydrogens is 440 g/mol. The van der Waals surface area contributed by atoms with E-state index in [2.05, 4.69) is 30.4 Å². The summed E-state index contributed by atoms with van der Waals surface area (Å²) < 4.78 is 27.0. The summed E-state index contributed by atoms with van der Waals surface area (Å²) in [5.41, 5.74) is 4.99. The maximum Gasteiger partial charge on any atom is 0.273 e. The lowest BCUT2D eigenvalue weighted by molar-refractivity contribution is 0.0935. The Labute approximate surface area is 194 Å². The second kappa shape index (κ2) is 9.46. The van der Waals surface area contributed by atoms with Crippen molar-refractivity contribution in [3.63, 3.8) is 0 Å². The van der Waals surface area contributed by atoms with Crippen LogP contribution in [-0.2, 0) is 22.9 Å². The number of hydrogen-bond acceptors (Lipinski definition) is 4. The number of benzene rings is 2. The lowest BCUT2D eigenvalue weighted by atomic mass is 9.88. The molecular formula is C25H28N2O3S2. The monoisotopic (exact) mass is 468 g/mol. The van der Waals surface area contributed by atoms with E-state index in [1.54, 1.807) is 41.8 Å². The SMILES string of the molecule is CCC(NC(=O)c1ccc(N(C)S(=O)(=O)c2cccs2)cc1)c1ccc2c(c1)CCCC2. The molecule has 4 rings (SSSR count). The molecule has 168 valence electrons. The molecule has 32 heavy (non-hydrogen) atoms. The average Bonchev–Trinajstić information content (AvgIpc) is 3.38. The fourth-order valence-corrected chi connectivity index (χ4v) is 6.50. The van der Waals surface area contributed by atoms with E-state index < -0.39 is 10.0 Å². The third-order valence-electron chi connectivity index (χ3n) is 6.09. The maximum absolute atomic E-state index is 12.9. The van der Waals surface area contributed by atoms with Gasteiger partial charge in [0.2, 0.25) is 0 Å². The molecule has 1 atom stereocenters. The molecule has 0 bridgehead atoms. The van der Waals surface area contributed by atoms with Crippen LogP contribution in [-0.4, -0.2) is 21.4 Å². The number of nitrogens with zero attached hydrogens (tertiary/aromatic N) is 1. The standard InChI is InChI=1S/C25H28N2O3S2/c1-3-23(21-11-10-18-7-4-5-8-20(18)17-21)26-25(28)19-12-14-22(15-13-19)27(2)32(29,30)24-9-6-16-31-24/h6,9-17,23H,3-5,7-8H2,1-2H3,(H,26,28). The van der Waals surface area contributed by atoms with Crippen molar-refractivity contribution in [2.24, 2.45) is 0 Å². The Morgan fingerprint density at radius 1 is 1.06 bits per heavy atom. The summed E-state index contributed by atoms with van der Waals surface area (Å²) in [5.74, 6) is -0.162. The molecule has 3 aromatic rings. The number of nitrogens with one attached hydrogen (secondary N) is 1. The molecule has 0 aliphatic heterocycles. The Bertz CT molecular complexity index is 1190. The molecule has 1 unspecified atom stereocenters. The maximum atomic E-state index is 12.9. The van der Waals surface area contributed by atoms with Crippen LogP contribution in [0.2, 0.25) is 0 Å². The molecule has 2 aromatic carbocycles. The van der Waals surface area contributed by atoms with Gasteiger partial charge in [-0.2, -0.15) is 0 Å². The van der Waals surface area contributed by atoms with Crippen molar-refractivity contribution >= 4 is 33.0 Å². The first kappa shape index (κ1) is 22.6. The van der Waals surface area contributed by atoms with Crippen LogP contribution >= 0.6 is 11.3 Å². The molecule has 0 spiro atoms. The predicted molar refractivity (Wildman–Crippen MR) is 130 cm³/mol. The first-order valence-corrected chi connectivity index (χ1v) is 13.3. The van der Waals surface area contributed by atoms with Gasteiger partial charge in [-0.15, -0.1) is 11.3 Å². The van der Waals surface area contributed by atoms with Crippen molar-refractivity contribution in [2.75, 3.05) is 11.4 Å². The Morgan fingerprint density at radius 3 is 2.44 bits per heavy atom. The van der Waals surface area contributed by atoms with E-state index in [1.807, 2.05) is 0 Å². The molecule has 1 aromatic heterocycles. The number of fused-ring (bicyclic) bond motifs is 1. The molecule has 5 nitrogen and oxygen atoms in total. The molecule has 1 amide bonds. The van der Waals surface area contributed by atoms with E-state index in [9.17, 15) is 13.2 Å². The third kappa shape index (κ3) is 4.59. The van der Waals surface area contributed by atoms with Crippen LogP contribution in [0, 0.1) is 0 Å². The van der Waals surface area contributed by atoms with Crippen LogP contribution in [0.3, 0.4) is 0 Å². The minimum Gasteiger partial charge on any atom is -0.345 e. The van der Waals surface area contributed by atoms with Gasteiger partial charge in [-0.05, 0) is 84.5 Å². The molecule has 1 aliphatic carbocycles. The molecule has 1 N–H and O–H groups in total. The number of thiophene rings is 1. The number of anilines is 1. The lowest BCUT2D eigenvalue weighted by Gasteiger charge is -2.22. The van der Waals surface area contributed by atoms with Gasteiger partial charge in [0.05, 0.1) is 11.7 Å². The zero-order valence-corrected chi connectivity index (χ0v) is 20.0. The van der Waals surface area contributed by atoms with Gasteiger partial charge < -0.3 is 5.32 Å². The van der Waals surface area contributed by atoms with Crippen LogP contribution in [0.4, 0.5) is 5.69 Å². The highest BCUT2D eigenvalue weighted by atomic mass is 32.2. The van der Waals surface area contributed by atoms with Crippen molar-refractivity contribution < 1.29 is 13.2 Å². The highest BCUT2D eigenvalue weighted by Crippen LogP contribution is 2.27. The van der Waals surface area contributed by atoms with Gasteiger partial charge in [0.25, 0.3) is 15.9 Å². The summed E-state index contributed by atoms with van der Waals surface area (Å²) in [6.45, 7) is 2.07. The molecule has 0 radical (unpaired) electrons. The average molecular weight is 469 g/mol. The third-order valence-corrected chi connectivity index (χ3v) is 9.25.